The highest BCUT2D eigenvalue weighted by Crippen LogP contribution is 2.07. The van der Waals surface area contributed by atoms with Crippen LogP contribution in [0.3, 0.4) is 0 Å². The largest absolute Gasteiger partial charge is 0.464 e. The summed E-state index contributed by atoms with van der Waals surface area (Å²) in [6.07, 6.45) is 1.36. The average Bonchev–Trinajstić information content (AvgIpc) is 1.99. The van der Waals surface area contributed by atoms with E-state index in [1.54, 1.807) is 20.8 Å². The lowest BCUT2D eigenvalue weighted by molar-refractivity contribution is -0.145. The molecule has 0 N–H and O–H groups in total. The Bertz CT molecular complexity index is 194. The maximum Gasteiger partial charge on any atom is 0.332 e. The summed E-state index contributed by atoms with van der Waals surface area (Å²) in [4.78, 5) is 24.4. The second-order valence-electron chi connectivity index (χ2n) is 2.66. The minimum atomic E-state index is -0.706. The standard InChI is InChI=1S/C8H13NO3/c1-4-12-8(11)7(6(2)3)9-5-10/h6-7H,4H2,1-3H3. The van der Waals surface area contributed by atoms with Crippen LogP contribution in [0.15, 0.2) is 4.99 Å². The third-order valence-corrected chi connectivity index (χ3v) is 1.35. The zero-order valence-corrected chi connectivity index (χ0v) is 7.53. The second-order valence-corrected chi connectivity index (χ2v) is 2.66. The first-order chi connectivity index (χ1) is 5.63. The van der Waals surface area contributed by atoms with E-state index < -0.39 is 12.0 Å². The first-order valence-corrected chi connectivity index (χ1v) is 3.87. The van der Waals surface area contributed by atoms with E-state index >= 15 is 0 Å². The maximum absolute atomic E-state index is 11.1. The van der Waals surface area contributed by atoms with Gasteiger partial charge in [0, 0.05) is 0 Å². The van der Waals surface area contributed by atoms with Crippen LogP contribution in [0.1, 0.15) is 20.8 Å². The first-order valence-electron chi connectivity index (χ1n) is 3.87. The van der Waals surface area contributed by atoms with Crippen molar-refractivity contribution in [1.29, 1.82) is 0 Å². The van der Waals surface area contributed by atoms with Crippen molar-refractivity contribution in [3.63, 3.8) is 0 Å². The third kappa shape index (κ3) is 3.30. The number of hydrogen-bond donors (Lipinski definition) is 0. The van der Waals surface area contributed by atoms with E-state index in [-0.39, 0.29) is 5.92 Å². The zero-order chi connectivity index (χ0) is 9.56. The molecule has 0 saturated carbocycles. The lowest BCUT2D eigenvalue weighted by atomic mass is 10.1. The molecule has 0 bridgehead atoms. The fourth-order valence-corrected chi connectivity index (χ4v) is 0.758. The summed E-state index contributed by atoms with van der Waals surface area (Å²) in [6.45, 7) is 5.60. The summed E-state index contributed by atoms with van der Waals surface area (Å²) in [6, 6.07) is -0.706. The van der Waals surface area contributed by atoms with E-state index in [0.717, 1.165) is 0 Å². The number of rotatable bonds is 4. The van der Waals surface area contributed by atoms with Gasteiger partial charge in [0.25, 0.3) is 0 Å². The van der Waals surface area contributed by atoms with Gasteiger partial charge in [-0.1, -0.05) is 13.8 Å². The zero-order valence-electron chi connectivity index (χ0n) is 7.53. The molecular weight excluding hydrogens is 158 g/mol. The minimum Gasteiger partial charge on any atom is -0.464 e. The molecule has 4 heteroatoms. The molecule has 12 heavy (non-hydrogen) atoms. The highest BCUT2D eigenvalue weighted by atomic mass is 16.5. The summed E-state index contributed by atoms with van der Waals surface area (Å²) in [5.74, 6) is -0.499. The molecule has 68 valence electrons. The molecule has 0 aliphatic rings. The van der Waals surface area contributed by atoms with Crippen LogP contribution in [0.25, 0.3) is 0 Å². The predicted molar refractivity (Wildman–Crippen MR) is 43.4 cm³/mol. The van der Waals surface area contributed by atoms with E-state index in [1.807, 2.05) is 0 Å². The van der Waals surface area contributed by atoms with E-state index in [1.165, 1.54) is 6.08 Å². The third-order valence-electron chi connectivity index (χ3n) is 1.35. The fourth-order valence-electron chi connectivity index (χ4n) is 0.758. The molecule has 0 rings (SSSR count). The molecule has 0 heterocycles. The summed E-state index contributed by atoms with van der Waals surface area (Å²) in [7, 11) is 0. The molecule has 4 nitrogen and oxygen atoms in total. The summed E-state index contributed by atoms with van der Waals surface area (Å²) >= 11 is 0. The highest BCUT2D eigenvalue weighted by Gasteiger charge is 2.22. The van der Waals surface area contributed by atoms with Crippen LogP contribution < -0.4 is 0 Å². The van der Waals surface area contributed by atoms with Crippen molar-refractivity contribution in [3.8, 4) is 0 Å². The SMILES string of the molecule is CCOC(=O)C(N=C=O)C(C)C. The number of esters is 1. The van der Waals surface area contributed by atoms with Crippen LogP contribution >= 0.6 is 0 Å². The van der Waals surface area contributed by atoms with Gasteiger partial charge in [-0.2, -0.15) is 4.99 Å². The number of aliphatic imine (C=N–C) groups is 1. The van der Waals surface area contributed by atoms with Crippen molar-refractivity contribution in [2.24, 2.45) is 10.9 Å². The highest BCUT2D eigenvalue weighted by molar-refractivity contribution is 5.77. The van der Waals surface area contributed by atoms with E-state index in [4.69, 9.17) is 4.74 Å². The second kappa shape index (κ2) is 5.49. The molecule has 1 atom stereocenters. The quantitative estimate of drug-likeness (QED) is 0.359. The van der Waals surface area contributed by atoms with Gasteiger partial charge in [0.1, 0.15) is 0 Å². The van der Waals surface area contributed by atoms with Gasteiger partial charge in [-0.15, -0.1) is 0 Å². The Balaban J connectivity index is 4.29. The number of ether oxygens (including phenoxy) is 1. The van der Waals surface area contributed by atoms with Crippen LogP contribution in [0, 0.1) is 5.92 Å². The Hall–Kier alpha value is -1.15. The summed E-state index contributed by atoms with van der Waals surface area (Å²) in [5.41, 5.74) is 0. The smallest absolute Gasteiger partial charge is 0.332 e. The maximum atomic E-state index is 11.1. The lowest BCUT2D eigenvalue weighted by Gasteiger charge is -2.12. The van der Waals surface area contributed by atoms with Gasteiger partial charge in [-0.3, -0.25) is 0 Å². The number of isocyanates is 1. The molecule has 0 aromatic carbocycles. The first kappa shape index (κ1) is 10.8. The molecule has 0 amide bonds. The molecule has 0 spiro atoms. The van der Waals surface area contributed by atoms with E-state index in [2.05, 4.69) is 4.99 Å². The Morgan fingerprint density at radius 1 is 1.58 bits per heavy atom. The van der Waals surface area contributed by atoms with Gasteiger partial charge in [0.15, 0.2) is 6.04 Å². The van der Waals surface area contributed by atoms with Crippen molar-refractivity contribution in [3.05, 3.63) is 0 Å². The van der Waals surface area contributed by atoms with Gasteiger partial charge in [-0.25, -0.2) is 9.59 Å². The Kier molecular flexibility index (Phi) is 4.97. The molecule has 0 radical (unpaired) electrons. The van der Waals surface area contributed by atoms with Crippen LogP contribution in [-0.4, -0.2) is 24.7 Å². The Morgan fingerprint density at radius 3 is 2.50 bits per heavy atom. The normalized spacial score (nSPS) is 12.0. The molecule has 0 fully saturated rings. The minimum absolute atomic E-state index is 0.0366. The number of carbonyl (C=O) groups is 1. The summed E-state index contributed by atoms with van der Waals surface area (Å²) in [5, 5.41) is 0. The van der Waals surface area contributed by atoms with Crippen LogP contribution in [-0.2, 0) is 14.3 Å². The van der Waals surface area contributed by atoms with Gasteiger partial charge in [0.05, 0.1) is 6.61 Å². The monoisotopic (exact) mass is 171 g/mol. The Morgan fingerprint density at radius 2 is 2.17 bits per heavy atom. The van der Waals surface area contributed by atoms with Gasteiger partial charge in [0.2, 0.25) is 6.08 Å². The van der Waals surface area contributed by atoms with Crippen molar-refractivity contribution >= 4 is 12.0 Å². The molecule has 0 aromatic rings. The van der Waals surface area contributed by atoms with Gasteiger partial charge in [-0.05, 0) is 12.8 Å². The lowest BCUT2D eigenvalue weighted by Crippen LogP contribution is -2.26. The molecule has 0 aliphatic carbocycles. The van der Waals surface area contributed by atoms with Crippen LogP contribution in [0.4, 0.5) is 0 Å². The fraction of sp³-hybridized carbons (Fsp3) is 0.750. The number of hydrogen-bond acceptors (Lipinski definition) is 4. The Labute approximate surface area is 71.6 Å². The van der Waals surface area contributed by atoms with E-state index in [9.17, 15) is 9.59 Å². The summed E-state index contributed by atoms with van der Waals surface area (Å²) < 4.78 is 4.71. The van der Waals surface area contributed by atoms with Crippen molar-refractivity contribution in [2.75, 3.05) is 6.61 Å². The molecule has 0 saturated heterocycles. The van der Waals surface area contributed by atoms with Crippen LogP contribution in [0.2, 0.25) is 0 Å². The average molecular weight is 171 g/mol. The van der Waals surface area contributed by atoms with Gasteiger partial charge < -0.3 is 4.74 Å². The van der Waals surface area contributed by atoms with Crippen molar-refractivity contribution < 1.29 is 14.3 Å². The molecular formula is C8H13NO3. The number of carbonyl (C=O) groups excluding carboxylic acids is 2. The van der Waals surface area contributed by atoms with Crippen molar-refractivity contribution in [1.82, 2.24) is 0 Å². The molecule has 0 aliphatic heterocycles. The van der Waals surface area contributed by atoms with Gasteiger partial charge >= 0.3 is 5.97 Å². The van der Waals surface area contributed by atoms with Crippen LogP contribution in [0.5, 0.6) is 0 Å². The number of nitrogens with zero attached hydrogens (tertiary/aromatic N) is 1. The predicted octanol–water partition coefficient (Wildman–Crippen LogP) is 0.910. The molecule has 0 aromatic heterocycles. The topological polar surface area (TPSA) is 55.7 Å². The van der Waals surface area contributed by atoms with Crippen molar-refractivity contribution in [2.45, 2.75) is 26.8 Å². The van der Waals surface area contributed by atoms with E-state index in [0.29, 0.717) is 6.61 Å². The molecule has 1 unspecified atom stereocenters.